The maximum atomic E-state index is 14.3. The van der Waals surface area contributed by atoms with Gasteiger partial charge in [-0.15, -0.1) is 0 Å². The third-order valence-corrected chi connectivity index (χ3v) is 8.39. The SMILES string of the molecule is CC1=C2C=CC=CC2[S+]([O-])[N+](Cc2ccccc2)(c2ccccc2OCCCCBr)C1=O. The van der Waals surface area contributed by atoms with Crippen LogP contribution in [-0.4, -0.2) is 27.6 Å². The molecule has 0 N–H and O–H groups in total. The molecule has 32 heavy (non-hydrogen) atoms. The molecule has 3 atom stereocenters. The Kier molecular flexibility index (Phi) is 7.36. The van der Waals surface area contributed by atoms with Gasteiger partial charge in [-0.2, -0.15) is 0 Å². The molecular formula is C26H27BrNO3S+. The van der Waals surface area contributed by atoms with Gasteiger partial charge in [-0.25, -0.2) is 4.79 Å². The second-order valence-corrected chi connectivity index (χ2v) is 10.4. The van der Waals surface area contributed by atoms with Crippen molar-refractivity contribution < 1.29 is 14.1 Å². The summed E-state index contributed by atoms with van der Waals surface area (Å²) in [5.41, 5.74) is 3.10. The Morgan fingerprint density at radius 1 is 1.06 bits per heavy atom. The van der Waals surface area contributed by atoms with E-state index in [0.717, 1.165) is 29.3 Å². The number of quaternary nitrogens is 1. The van der Waals surface area contributed by atoms with E-state index in [1.807, 2.05) is 85.8 Å². The van der Waals surface area contributed by atoms with Crippen LogP contribution >= 0.6 is 15.9 Å². The van der Waals surface area contributed by atoms with Gasteiger partial charge in [0, 0.05) is 22.5 Å². The van der Waals surface area contributed by atoms with Crippen LogP contribution in [0.5, 0.6) is 5.75 Å². The number of carbonyl (C=O) groups excluding carboxylic acids is 1. The summed E-state index contributed by atoms with van der Waals surface area (Å²) in [6.45, 7) is 2.69. The molecule has 4 nitrogen and oxygen atoms in total. The van der Waals surface area contributed by atoms with Crippen molar-refractivity contribution in [2.45, 2.75) is 31.6 Å². The van der Waals surface area contributed by atoms with Crippen LogP contribution < -0.4 is 8.63 Å². The summed E-state index contributed by atoms with van der Waals surface area (Å²) in [5.74, 6) is 0.473. The van der Waals surface area contributed by atoms with Crippen LogP contribution in [0, 0.1) is 0 Å². The van der Waals surface area contributed by atoms with Crippen molar-refractivity contribution in [1.82, 2.24) is 3.89 Å². The number of ether oxygens (including phenoxy) is 1. The van der Waals surface area contributed by atoms with Gasteiger partial charge >= 0.3 is 5.91 Å². The molecule has 1 heterocycles. The van der Waals surface area contributed by atoms with E-state index in [1.54, 1.807) is 0 Å². The van der Waals surface area contributed by atoms with Crippen LogP contribution in [0.15, 0.2) is 90.0 Å². The highest BCUT2D eigenvalue weighted by Crippen LogP contribution is 2.46. The Balaban J connectivity index is 1.86. The average Bonchev–Trinajstić information content (AvgIpc) is 2.84. The van der Waals surface area contributed by atoms with Crippen molar-refractivity contribution in [3.8, 4) is 5.75 Å². The summed E-state index contributed by atoms with van der Waals surface area (Å²) >= 11 is 1.88. The standard InChI is InChI=1S/C26H27BrNO3S/c1-20-22-13-5-8-16-25(22)32(30)28(26(20)29,19-21-11-3-2-4-12-21)23-14-6-7-15-24(23)31-18-10-9-17-27/h2-8,11-16,25H,9-10,17-19H2,1H3/q+1. The molecule has 0 fully saturated rings. The fraction of sp³-hybridized carbons (Fsp3) is 0.269. The number of benzene rings is 2. The molecule has 3 unspecified atom stereocenters. The summed E-state index contributed by atoms with van der Waals surface area (Å²) in [6, 6.07) is 17.4. The van der Waals surface area contributed by atoms with E-state index in [-0.39, 0.29) is 15.0 Å². The van der Waals surface area contributed by atoms with Crippen molar-refractivity contribution in [2.75, 3.05) is 11.9 Å². The molecule has 0 bridgehead atoms. The minimum atomic E-state index is -1.57. The lowest BCUT2D eigenvalue weighted by Crippen LogP contribution is -2.63. The molecule has 1 aliphatic heterocycles. The van der Waals surface area contributed by atoms with Gasteiger partial charge in [0.2, 0.25) is 10.9 Å². The second kappa shape index (κ2) is 10.2. The quantitative estimate of drug-likeness (QED) is 0.195. The van der Waals surface area contributed by atoms with Gasteiger partial charge in [0.1, 0.15) is 0 Å². The number of alkyl halides is 1. The smallest absolute Gasteiger partial charge is 0.391 e. The van der Waals surface area contributed by atoms with E-state index in [4.69, 9.17) is 4.74 Å². The van der Waals surface area contributed by atoms with E-state index >= 15 is 0 Å². The highest BCUT2D eigenvalue weighted by molar-refractivity contribution is 9.09. The van der Waals surface area contributed by atoms with Gasteiger partial charge in [-0.3, -0.25) is 0 Å². The first-order valence-corrected chi connectivity index (χ1v) is 13.1. The van der Waals surface area contributed by atoms with E-state index in [1.165, 1.54) is 0 Å². The molecule has 6 heteroatoms. The number of rotatable bonds is 8. The maximum Gasteiger partial charge on any atom is 0.391 e. The third kappa shape index (κ3) is 4.25. The fourth-order valence-electron chi connectivity index (χ4n) is 4.23. The molecule has 0 spiro atoms. The zero-order valence-corrected chi connectivity index (χ0v) is 20.5. The van der Waals surface area contributed by atoms with Gasteiger partial charge in [0.25, 0.3) is 0 Å². The van der Waals surface area contributed by atoms with Gasteiger partial charge < -0.3 is 9.29 Å². The van der Waals surface area contributed by atoms with Gasteiger partial charge in [-0.1, -0.05) is 76.6 Å². The second-order valence-electron chi connectivity index (χ2n) is 7.92. The molecule has 0 radical (unpaired) electrons. The predicted octanol–water partition coefficient (Wildman–Crippen LogP) is 5.76. The van der Waals surface area contributed by atoms with Crippen molar-refractivity contribution in [3.05, 3.63) is 95.6 Å². The summed E-state index contributed by atoms with van der Waals surface area (Å²) < 4.78 is 20.1. The largest absolute Gasteiger partial charge is 0.565 e. The van der Waals surface area contributed by atoms with Crippen LogP contribution in [0.1, 0.15) is 25.3 Å². The lowest BCUT2D eigenvalue weighted by Gasteiger charge is -2.41. The Hall–Kier alpha value is -2.12. The number of hydrogen-bond donors (Lipinski definition) is 0. The number of allylic oxidation sites excluding steroid dienone is 3. The number of hydrogen-bond acceptors (Lipinski definition) is 3. The first-order chi connectivity index (χ1) is 15.6. The van der Waals surface area contributed by atoms with E-state index in [0.29, 0.717) is 30.2 Å². The maximum absolute atomic E-state index is 14.3. The predicted molar refractivity (Wildman–Crippen MR) is 135 cm³/mol. The first kappa shape index (κ1) is 23.1. The highest BCUT2D eigenvalue weighted by Gasteiger charge is 2.60. The van der Waals surface area contributed by atoms with Crippen molar-refractivity contribution in [3.63, 3.8) is 0 Å². The van der Waals surface area contributed by atoms with Crippen molar-refractivity contribution >= 4 is 38.9 Å². The molecule has 2 aliphatic rings. The molecule has 0 saturated carbocycles. The minimum Gasteiger partial charge on any atom is -0.565 e. The zero-order chi connectivity index (χ0) is 22.6. The van der Waals surface area contributed by atoms with Crippen LogP contribution in [-0.2, 0) is 22.7 Å². The van der Waals surface area contributed by atoms with Crippen molar-refractivity contribution in [2.24, 2.45) is 0 Å². The molecule has 0 saturated heterocycles. The van der Waals surface area contributed by atoms with E-state index in [2.05, 4.69) is 15.9 Å². The molecular weight excluding hydrogens is 486 g/mol. The number of nitrogens with zero attached hydrogens (tertiary/aromatic N) is 1. The molecule has 1 aliphatic carbocycles. The number of carbonyl (C=O) groups is 1. The van der Waals surface area contributed by atoms with Crippen LogP contribution in [0.4, 0.5) is 5.69 Å². The summed E-state index contributed by atoms with van der Waals surface area (Å²) in [7, 11) is 0. The molecule has 2 aromatic carbocycles. The van der Waals surface area contributed by atoms with Crippen LogP contribution in [0.3, 0.4) is 0 Å². The molecule has 0 aromatic heterocycles. The van der Waals surface area contributed by atoms with E-state index < -0.39 is 11.4 Å². The molecule has 2 aromatic rings. The lowest BCUT2D eigenvalue weighted by molar-refractivity contribution is -0.122. The number of halogens is 1. The fourth-order valence-corrected chi connectivity index (χ4v) is 6.63. The Bertz CT molecular complexity index is 1070. The highest BCUT2D eigenvalue weighted by atomic mass is 79.9. The number of unbranched alkanes of at least 4 members (excludes halogenated alkanes) is 1. The zero-order valence-electron chi connectivity index (χ0n) is 18.1. The van der Waals surface area contributed by atoms with Gasteiger partial charge in [0.15, 0.2) is 23.7 Å². The normalized spacial score (nSPS) is 24.5. The first-order valence-electron chi connectivity index (χ1n) is 10.8. The van der Waals surface area contributed by atoms with Gasteiger partial charge in [0.05, 0.1) is 12.2 Å². The average molecular weight is 513 g/mol. The monoisotopic (exact) mass is 512 g/mol. The topological polar surface area (TPSA) is 49.4 Å². The Labute approximate surface area is 201 Å². The molecule has 4 rings (SSSR count). The van der Waals surface area contributed by atoms with Crippen LogP contribution in [0.25, 0.3) is 0 Å². The van der Waals surface area contributed by atoms with Gasteiger partial charge in [-0.05, 0) is 35.8 Å². The Morgan fingerprint density at radius 2 is 1.81 bits per heavy atom. The summed E-state index contributed by atoms with van der Waals surface area (Å²) in [5, 5.41) is 0.575. The molecule has 1 amide bonds. The molecule has 166 valence electrons. The Morgan fingerprint density at radius 3 is 2.59 bits per heavy atom. The number of para-hydroxylation sites is 2. The van der Waals surface area contributed by atoms with Crippen molar-refractivity contribution in [1.29, 1.82) is 0 Å². The van der Waals surface area contributed by atoms with E-state index in [9.17, 15) is 9.35 Å². The summed E-state index contributed by atoms with van der Waals surface area (Å²) in [4.78, 5) is 14.0. The number of amides is 1. The summed E-state index contributed by atoms with van der Waals surface area (Å²) in [6.07, 6.45) is 9.57. The lowest BCUT2D eigenvalue weighted by atomic mass is 9.99. The number of fused-ring (bicyclic) bond motifs is 1. The van der Waals surface area contributed by atoms with Crippen LogP contribution in [0.2, 0.25) is 0 Å². The minimum absolute atomic E-state index is 0.144. The third-order valence-electron chi connectivity index (χ3n) is 5.87.